The molecule has 2 rings (SSSR count). The number of hydrogen-bond acceptors (Lipinski definition) is 5. The Labute approximate surface area is 182 Å². The highest BCUT2D eigenvalue weighted by atomic mass is 32.2. The molecule has 0 saturated carbocycles. The van der Waals surface area contributed by atoms with Crippen molar-refractivity contribution in [2.45, 2.75) is 44.2 Å². The SMILES string of the molecule is CCN(C#CCCOC1CCN(S(=O)(=O)Cc2ccc(C(F)(F)F)cc2)CC1)CCO. The van der Waals surface area contributed by atoms with Gasteiger partial charge in [0.25, 0.3) is 0 Å². The molecule has 0 amide bonds. The average Bonchev–Trinajstić information content (AvgIpc) is 2.72. The number of likely N-dealkylation sites (N-methyl/N-ethyl adjacent to an activating group) is 1. The molecule has 1 aliphatic heterocycles. The van der Waals surface area contributed by atoms with Crippen LogP contribution in [0.4, 0.5) is 13.2 Å². The molecule has 1 fully saturated rings. The Morgan fingerprint density at radius 3 is 2.42 bits per heavy atom. The van der Waals surface area contributed by atoms with Crippen LogP contribution in [0.3, 0.4) is 0 Å². The van der Waals surface area contributed by atoms with Gasteiger partial charge in [0.1, 0.15) is 0 Å². The van der Waals surface area contributed by atoms with Crippen LogP contribution in [0.15, 0.2) is 24.3 Å². The molecule has 0 spiro atoms. The Morgan fingerprint density at radius 1 is 1.23 bits per heavy atom. The fourth-order valence-electron chi connectivity index (χ4n) is 3.23. The Bertz CT molecular complexity index is 840. The molecule has 0 unspecified atom stereocenters. The molecule has 1 N–H and O–H groups in total. The number of nitrogens with zero attached hydrogens (tertiary/aromatic N) is 2. The zero-order valence-corrected chi connectivity index (χ0v) is 18.4. The predicted molar refractivity (Wildman–Crippen MR) is 111 cm³/mol. The summed E-state index contributed by atoms with van der Waals surface area (Å²) in [6.45, 7) is 4.34. The summed E-state index contributed by atoms with van der Waals surface area (Å²) in [4.78, 5) is 1.82. The van der Waals surface area contributed by atoms with Crippen molar-refractivity contribution in [2.75, 3.05) is 39.4 Å². The largest absolute Gasteiger partial charge is 0.416 e. The van der Waals surface area contributed by atoms with Crippen LogP contribution < -0.4 is 0 Å². The van der Waals surface area contributed by atoms with Gasteiger partial charge >= 0.3 is 6.18 Å². The van der Waals surface area contributed by atoms with E-state index in [1.54, 1.807) is 0 Å². The van der Waals surface area contributed by atoms with E-state index in [0.29, 0.717) is 51.1 Å². The van der Waals surface area contributed by atoms with Crippen LogP contribution in [0.25, 0.3) is 0 Å². The highest BCUT2D eigenvalue weighted by Gasteiger charge is 2.31. The number of hydrogen-bond donors (Lipinski definition) is 1. The van der Waals surface area contributed by atoms with E-state index in [1.807, 2.05) is 11.8 Å². The average molecular weight is 463 g/mol. The molecule has 6 nitrogen and oxygen atoms in total. The molecule has 1 aromatic rings. The minimum atomic E-state index is -4.44. The third-order valence-corrected chi connectivity index (χ3v) is 6.84. The number of aliphatic hydroxyl groups is 1. The van der Waals surface area contributed by atoms with Crippen LogP contribution in [0, 0.1) is 12.0 Å². The lowest BCUT2D eigenvalue weighted by atomic mass is 10.1. The van der Waals surface area contributed by atoms with Gasteiger partial charge in [0.2, 0.25) is 10.0 Å². The van der Waals surface area contributed by atoms with Gasteiger partial charge < -0.3 is 14.7 Å². The lowest BCUT2D eigenvalue weighted by Crippen LogP contribution is -2.41. The molecule has 1 heterocycles. The summed E-state index contributed by atoms with van der Waals surface area (Å²) >= 11 is 0. The fraction of sp³-hybridized carbons (Fsp3) is 0.619. The van der Waals surface area contributed by atoms with E-state index in [1.165, 1.54) is 16.4 Å². The molecular weight excluding hydrogens is 433 g/mol. The van der Waals surface area contributed by atoms with Gasteiger partial charge in [0.15, 0.2) is 0 Å². The summed E-state index contributed by atoms with van der Waals surface area (Å²) in [5.74, 6) is 2.67. The van der Waals surface area contributed by atoms with Crippen molar-refractivity contribution in [3.8, 4) is 12.0 Å². The normalized spacial score (nSPS) is 16.0. The first kappa shape index (κ1) is 25.5. The summed E-state index contributed by atoms with van der Waals surface area (Å²) in [5.41, 5.74) is -0.473. The molecule has 0 aromatic heterocycles. The van der Waals surface area contributed by atoms with Crippen molar-refractivity contribution in [1.82, 2.24) is 9.21 Å². The first-order valence-corrected chi connectivity index (χ1v) is 11.9. The summed E-state index contributed by atoms with van der Waals surface area (Å²) in [6.07, 6.45) is -2.82. The second-order valence-electron chi connectivity index (χ2n) is 7.26. The molecule has 1 aromatic carbocycles. The lowest BCUT2D eigenvalue weighted by molar-refractivity contribution is -0.137. The van der Waals surface area contributed by atoms with E-state index in [4.69, 9.17) is 9.84 Å². The number of halogens is 3. The number of ether oxygens (including phenoxy) is 1. The zero-order chi connectivity index (χ0) is 22.9. The first-order chi connectivity index (χ1) is 14.7. The van der Waals surface area contributed by atoms with Crippen LogP contribution in [0.5, 0.6) is 0 Å². The number of piperidine rings is 1. The maximum Gasteiger partial charge on any atom is 0.416 e. The summed E-state index contributed by atoms with van der Waals surface area (Å²) in [6, 6.07) is 7.18. The van der Waals surface area contributed by atoms with E-state index in [2.05, 4.69) is 12.0 Å². The maximum atomic E-state index is 12.6. The van der Waals surface area contributed by atoms with Gasteiger partial charge in [0.05, 0.1) is 30.6 Å². The van der Waals surface area contributed by atoms with Gasteiger partial charge in [-0.1, -0.05) is 18.1 Å². The van der Waals surface area contributed by atoms with Crippen LogP contribution in [-0.4, -0.2) is 68.2 Å². The molecule has 1 saturated heterocycles. The number of rotatable bonds is 9. The highest BCUT2D eigenvalue weighted by molar-refractivity contribution is 7.88. The van der Waals surface area contributed by atoms with Gasteiger partial charge in [0, 0.05) is 38.6 Å². The lowest BCUT2D eigenvalue weighted by Gasteiger charge is -2.31. The topological polar surface area (TPSA) is 70.1 Å². The zero-order valence-electron chi connectivity index (χ0n) is 17.6. The van der Waals surface area contributed by atoms with E-state index < -0.39 is 21.8 Å². The van der Waals surface area contributed by atoms with Crippen molar-refractivity contribution in [3.63, 3.8) is 0 Å². The molecular formula is C21H29F3N2O4S. The van der Waals surface area contributed by atoms with Crippen LogP contribution in [0.1, 0.15) is 37.3 Å². The Kier molecular flexibility index (Phi) is 9.62. The predicted octanol–water partition coefficient (Wildman–Crippen LogP) is 2.68. The number of benzene rings is 1. The van der Waals surface area contributed by atoms with Crippen molar-refractivity contribution in [3.05, 3.63) is 35.4 Å². The fourth-order valence-corrected chi connectivity index (χ4v) is 4.79. The third-order valence-electron chi connectivity index (χ3n) is 4.99. The summed E-state index contributed by atoms with van der Waals surface area (Å²) in [7, 11) is -3.61. The highest BCUT2D eigenvalue weighted by Crippen LogP contribution is 2.29. The maximum absolute atomic E-state index is 12.6. The van der Waals surface area contributed by atoms with E-state index in [-0.39, 0.29) is 18.5 Å². The Balaban J connectivity index is 1.76. The second-order valence-corrected chi connectivity index (χ2v) is 9.23. The summed E-state index contributed by atoms with van der Waals surface area (Å²) in [5, 5.41) is 8.92. The smallest absolute Gasteiger partial charge is 0.395 e. The van der Waals surface area contributed by atoms with Gasteiger partial charge in [-0.3, -0.25) is 0 Å². The van der Waals surface area contributed by atoms with E-state index >= 15 is 0 Å². The van der Waals surface area contributed by atoms with Crippen molar-refractivity contribution < 1.29 is 31.4 Å². The minimum absolute atomic E-state index is 0.0426. The number of sulfonamides is 1. The van der Waals surface area contributed by atoms with E-state index in [0.717, 1.165) is 18.7 Å². The minimum Gasteiger partial charge on any atom is -0.395 e. The monoisotopic (exact) mass is 462 g/mol. The summed E-state index contributed by atoms with van der Waals surface area (Å²) < 4.78 is 70.3. The number of alkyl halides is 3. The van der Waals surface area contributed by atoms with E-state index in [9.17, 15) is 21.6 Å². The molecule has 0 radical (unpaired) electrons. The Hall–Kier alpha value is -1.80. The van der Waals surface area contributed by atoms with Gasteiger partial charge in [-0.25, -0.2) is 12.7 Å². The molecule has 0 bridgehead atoms. The molecule has 31 heavy (non-hydrogen) atoms. The molecule has 174 valence electrons. The molecule has 1 aliphatic rings. The van der Waals surface area contributed by atoms with Gasteiger partial charge in [-0.05, 0) is 37.5 Å². The van der Waals surface area contributed by atoms with Gasteiger partial charge in [-0.2, -0.15) is 13.2 Å². The third kappa shape index (κ3) is 8.33. The second kappa shape index (κ2) is 11.7. The molecule has 0 atom stereocenters. The first-order valence-electron chi connectivity index (χ1n) is 10.3. The van der Waals surface area contributed by atoms with Crippen LogP contribution >= 0.6 is 0 Å². The van der Waals surface area contributed by atoms with Crippen LogP contribution in [0.2, 0.25) is 0 Å². The van der Waals surface area contributed by atoms with Crippen LogP contribution in [-0.2, 0) is 26.7 Å². The molecule has 10 heteroatoms. The Morgan fingerprint density at radius 2 is 1.87 bits per heavy atom. The van der Waals surface area contributed by atoms with Crippen molar-refractivity contribution >= 4 is 10.0 Å². The number of aliphatic hydroxyl groups excluding tert-OH is 1. The van der Waals surface area contributed by atoms with Crippen molar-refractivity contribution in [1.29, 1.82) is 0 Å². The molecule has 0 aliphatic carbocycles. The standard InChI is InChI=1S/C21H29F3N2O4S/c1-2-25(14-15-27)11-3-4-16-30-20-9-12-26(13-10-20)31(28,29)17-18-5-7-19(8-6-18)21(22,23)24/h5-8,20,27H,2,4,9-10,12-17H2,1H3. The van der Waals surface area contributed by atoms with Crippen molar-refractivity contribution in [2.24, 2.45) is 0 Å². The van der Waals surface area contributed by atoms with Gasteiger partial charge in [-0.15, -0.1) is 0 Å². The quantitative estimate of drug-likeness (QED) is 0.347.